The molecule has 0 aliphatic heterocycles. The van der Waals surface area contributed by atoms with Crippen LogP contribution in [-0.4, -0.2) is 24.3 Å². The van der Waals surface area contributed by atoms with Crippen LogP contribution in [0.15, 0.2) is 0 Å². The highest BCUT2D eigenvalue weighted by molar-refractivity contribution is 5.73. The van der Waals surface area contributed by atoms with E-state index in [4.69, 9.17) is 10.5 Å². The van der Waals surface area contributed by atoms with Crippen LogP contribution >= 0.6 is 0 Å². The van der Waals surface area contributed by atoms with Gasteiger partial charge in [0.2, 0.25) is 0 Å². The molecule has 0 radical (unpaired) electrons. The van der Waals surface area contributed by atoms with E-state index in [-0.39, 0.29) is 6.42 Å². The Labute approximate surface area is 150 Å². The number of rotatable bonds is 14. The molecule has 0 saturated carbocycles. The fourth-order valence-electron chi connectivity index (χ4n) is 2.72. The number of carbonyl (C=O) groups is 1. The van der Waals surface area contributed by atoms with Crippen LogP contribution < -0.4 is 5.73 Å². The molecule has 0 aromatic heterocycles. The fourth-order valence-corrected chi connectivity index (χ4v) is 2.72. The van der Waals surface area contributed by atoms with E-state index >= 15 is 0 Å². The summed E-state index contributed by atoms with van der Waals surface area (Å²) in [6.45, 7) is 5.66. The maximum atomic E-state index is 12.9. The van der Waals surface area contributed by atoms with Crippen LogP contribution in [0.2, 0.25) is 0 Å². The number of esters is 1. The first-order chi connectivity index (χ1) is 11.7. The van der Waals surface area contributed by atoms with E-state index in [1.54, 1.807) is 6.92 Å². The van der Waals surface area contributed by atoms with Crippen molar-refractivity contribution in [3.8, 4) is 0 Å². The topological polar surface area (TPSA) is 52.3 Å². The van der Waals surface area contributed by atoms with Gasteiger partial charge in [0.05, 0.1) is 12.0 Å². The minimum atomic E-state index is -4.58. The molecule has 3 atom stereocenters. The molecule has 1 unspecified atom stereocenters. The average molecular weight is 367 g/mol. The van der Waals surface area contributed by atoms with Crippen molar-refractivity contribution in [2.75, 3.05) is 0 Å². The number of unbranched alkanes of at least 4 members (excludes halogenated alkanes) is 8. The molecule has 0 amide bonds. The van der Waals surface area contributed by atoms with Gasteiger partial charge in [-0.15, -0.1) is 0 Å². The highest BCUT2D eigenvalue weighted by Crippen LogP contribution is 2.28. The molecule has 0 aliphatic carbocycles. The molecule has 0 aromatic carbocycles. The van der Waals surface area contributed by atoms with Gasteiger partial charge in [0.15, 0.2) is 0 Å². The maximum absolute atomic E-state index is 12.9. The van der Waals surface area contributed by atoms with Crippen molar-refractivity contribution in [1.29, 1.82) is 0 Å². The zero-order valence-electron chi connectivity index (χ0n) is 16.0. The van der Waals surface area contributed by atoms with E-state index in [0.717, 1.165) is 19.3 Å². The molecular weight excluding hydrogens is 331 g/mol. The summed E-state index contributed by atoms with van der Waals surface area (Å²) < 4.78 is 43.9. The molecule has 0 spiro atoms. The van der Waals surface area contributed by atoms with Crippen molar-refractivity contribution >= 4 is 5.97 Å². The van der Waals surface area contributed by atoms with E-state index in [9.17, 15) is 18.0 Å². The second-order valence-electron chi connectivity index (χ2n) is 6.95. The van der Waals surface area contributed by atoms with Gasteiger partial charge < -0.3 is 10.5 Å². The van der Waals surface area contributed by atoms with Crippen molar-refractivity contribution in [3.05, 3.63) is 0 Å². The number of nitrogens with two attached hydrogens (primary N) is 1. The van der Waals surface area contributed by atoms with Crippen LogP contribution in [0.1, 0.15) is 91.4 Å². The number of hydrogen-bond donors (Lipinski definition) is 1. The van der Waals surface area contributed by atoms with Gasteiger partial charge in [-0.3, -0.25) is 4.79 Å². The van der Waals surface area contributed by atoms with Crippen LogP contribution in [0.3, 0.4) is 0 Å². The van der Waals surface area contributed by atoms with E-state index in [1.807, 2.05) is 6.92 Å². The van der Waals surface area contributed by atoms with Crippen LogP contribution in [0.5, 0.6) is 0 Å². The largest absolute Gasteiger partial charge is 0.462 e. The molecule has 3 nitrogen and oxygen atoms in total. The quantitative estimate of drug-likeness (QED) is 0.314. The standard InChI is InChI=1S/C19H36F3NO2/c1-4-6-7-8-9-10-11-12-13-14-16(17(23)19(20,21)22)18(24)25-15(3)5-2/h15-17H,4-14,23H2,1-3H3/t15?,16-,17-/m1/s1. The van der Waals surface area contributed by atoms with Crippen molar-refractivity contribution in [2.24, 2.45) is 11.7 Å². The number of halogens is 3. The predicted molar refractivity (Wildman–Crippen MR) is 95.2 cm³/mol. The van der Waals surface area contributed by atoms with Crippen LogP contribution in [0.25, 0.3) is 0 Å². The molecular formula is C19H36F3NO2. The number of ether oxygens (including phenoxy) is 1. The Bertz CT molecular complexity index is 348. The number of alkyl halides is 3. The monoisotopic (exact) mass is 367 g/mol. The van der Waals surface area contributed by atoms with Gasteiger partial charge in [-0.1, -0.05) is 71.6 Å². The molecule has 2 N–H and O–H groups in total. The molecule has 0 bridgehead atoms. The summed E-state index contributed by atoms with van der Waals surface area (Å²) >= 11 is 0. The minimum Gasteiger partial charge on any atom is -0.462 e. The Kier molecular flexibility index (Phi) is 13.0. The lowest BCUT2D eigenvalue weighted by Gasteiger charge is -2.25. The Morgan fingerprint density at radius 3 is 1.88 bits per heavy atom. The first kappa shape index (κ1) is 24.2. The molecule has 0 aromatic rings. The van der Waals surface area contributed by atoms with Gasteiger partial charge in [0.1, 0.15) is 6.04 Å². The van der Waals surface area contributed by atoms with E-state index in [1.165, 1.54) is 32.1 Å². The van der Waals surface area contributed by atoms with Crippen molar-refractivity contribution in [1.82, 2.24) is 0 Å². The summed E-state index contributed by atoms with van der Waals surface area (Å²) in [5.74, 6) is -2.13. The Hall–Kier alpha value is -0.780. The number of carbonyl (C=O) groups excluding carboxylic acids is 1. The molecule has 6 heteroatoms. The summed E-state index contributed by atoms with van der Waals surface area (Å²) in [6, 6.07) is -2.15. The Morgan fingerprint density at radius 1 is 0.960 bits per heavy atom. The lowest BCUT2D eigenvalue weighted by Crippen LogP contribution is -2.47. The third-order valence-corrected chi connectivity index (χ3v) is 4.63. The Balaban J connectivity index is 4.25. The van der Waals surface area contributed by atoms with E-state index in [0.29, 0.717) is 12.8 Å². The highest BCUT2D eigenvalue weighted by atomic mass is 19.4. The van der Waals surface area contributed by atoms with Gasteiger partial charge in [-0.25, -0.2) is 0 Å². The Morgan fingerprint density at radius 2 is 1.44 bits per heavy atom. The SMILES string of the molecule is CCCCCCCCCCC[C@@H](C(=O)OC(C)CC)[C@@H](N)C(F)(F)F. The molecule has 0 heterocycles. The van der Waals surface area contributed by atoms with Gasteiger partial charge >= 0.3 is 12.1 Å². The van der Waals surface area contributed by atoms with Crippen molar-refractivity contribution < 1.29 is 22.7 Å². The van der Waals surface area contributed by atoms with Gasteiger partial charge in [0, 0.05) is 0 Å². The first-order valence-corrected chi connectivity index (χ1v) is 9.76. The van der Waals surface area contributed by atoms with Crippen molar-refractivity contribution in [3.63, 3.8) is 0 Å². The average Bonchev–Trinajstić information content (AvgIpc) is 2.55. The summed E-state index contributed by atoms with van der Waals surface area (Å²) in [4.78, 5) is 12.1. The van der Waals surface area contributed by atoms with Crippen LogP contribution in [0.4, 0.5) is 13.2 Å². The molecule has 0 saturated heterocycles. The smallest absolute Gasteiger partial charge is 0.404 e. The first-order valence-electron chi connectivity index (χ1n) is 9.76. The molecule has 150 valence electrons. The van der Waals surface area contributed by atoms with Gasteiger partial charge in [0.25, 0.3) is 0 Å². The third kappa shape index (κ3) is 11.4. The summed E-state index contributed by atoms with van der Waals surface area (Å²) in [7, 11) is 0. The van der Waals surface area contributed by atoms with Crippen molar-refractivity contribution in [2.45, 2.75) is 110 Å². The second kappa shape index (κ2) is 13.4. The highest BCUT2D eigenvalue weighted by Gasteiger charge is 2.45. The number of hydrogen-bond acceptors (Lipinski definition) is 3. The fraction of sp³-hybridized carbons (Fsp3) is 0.947. The third-order valence-electron chi connectivity index (χ3n) is 4.63. The second-order valence-corrected chi connectivity index (χ2v) is 6.95. The summed E-state index contributed by atoms with van der Waals surface area (Å²) in [6.07, 6.45) is 5.31. The molecule has 25 heavy (non-hydrogen) atoms. The lowest BCUT2D eigenvalue weighted by molar-refractivity contribution is -0.179. The van der Waals surface area contributed by atoms with E-state index in [2.05, 4.69) is 6.92 Å². The van der Waals surface area contributed by atoms with Crippen LogP contribution in [-0.2, 0) is 9.53 Å². The summed E-state index contributed by atoms with van der Waals surface area (Å²) in [5.41, 5.74) is 5.30. The molecule has 0 rings (SSSR count). The van der Waals surface area contributed by atoms with Gasteiger partial charge in [-0.05, 0) is 19.8 Å². The zero-order valence-corrected chi connectivity index (χ0v) is 16.0. The molecule has 0 fully saturated rings. The van der Waals surface area contributed by atoms with Gasteiger partial charge in [-0.2, -0.15) is 13.2 Å². The van der Waals surface area contributed by atoms with Crippen LogP contribution in [0, 0.1) is 5.92 Å². The lowest BCUT2D eigenvalue weighted by atomic mass is 9.93. The predicted octanol–water partition coefficient (Wildman–Crippen LogP) is 5.75. The minimum absolute atomic E-state index is 0.131. The summed E-state index contributed by atoms with van der Waals surface area (Å²) in [5, 5.41) is 0. The molecule has 0 aliphatic rings. The zero-order chi connectivity index (χ0) is 19.3. The maximum Gasteiger partial charge on any atom is 0.404 e. The normalized spacial score (nSPS) is 15.6. The van der Waals surface area contributed by atoms with E-state index < -0.39 is 30.2 Å².